The number of para-hydroxylation sites is 2. The number of ether oxygens (including phenoxy) is 2. The second kappa shape index (κ2) is 14.9. The molecule has 5 aromatic carbocycles. The zero-order valence-electron chi connectivity index (χ0n) is 26.4. The van der Waals surface area contributed by atoms with Crippen molar-refractivity contribution in [3.63, 3.8) is 0 Å². The Morgan fingerprint density at radius 2 is 0.913 bits per heavy atom. The number of hydrogen-bond acceptors (Lipinski definition) is 7. The number of esters is 2. The zero-order valence-corrected chi connectivity index (χ0v) is 26.4. The Balaban J connectivity index is 1.46. The molecule has 0 heterocycles. The van der Waals surface area contributed by atoms with E-state index in [4.69, 9.17) is 14.6 Å². The average Bonchev–Trinajstić information content (AvgIpc) is 3.06. The smallest absolute Gasteiger partial charge is 0.303 e. The predicted octanol–water partition coefficient (Wildman–Crippen LogP) is 9.58. The highest BCUT2D eigenvalue weighted by atomic mass is 16.5. The van der Waals surface area contributed by atoms with Crippen molar-refractivity contribution in [2.45, 2.75) is 39.9 Å². The molecule has 2 atom stereocenters. The highest BCUT2D eigenvalue weighted by molar-refractivity contribution is 5.84. The molecule has 0 saturated carbocycles. The molecule has 2 unspecified atom stereocenters. The van der Waals surface area contributed by atoms with Crippen LogP contribution in [0, 0.1) is 0 Å². The monoisotopic (exact) mass is 611 g/mol. The Morgan fingerprint density at radius 3 is 1.28 bits per heavy atom. The van der Waals surface area contributed by atoms with Gasteiger partial charge in [0.15, 0.2) is 0 Å². The molecule has 5 aromatic rings. The van der Waals surface area contributed by atoms with Crippen molar-refractivity contribution in [2.75, 3.05) is 9.91 Å². The molecule has 0 aliphatic heterocycles. The van der Waals surface area contributed by atoms with Crippen LogP contribution < -0.4 is 9.91 Å². The Bertz CT molecular complexity index is 1650. The van der Waals surface area contributed by atoms with Crippen molar-refractivity contribution in [1.82, 2.24) is 0 Å². The molecule has 0 aliphatic carbocycles. The quantitative estimate of drug-likeness (QED) is 0.0841. The molecule has 0 spiro atoms. The van der Waals surface area contributed by atoms with Gasteiger partial charge in [0, 0.05) is 30.9 Å². The molecule has 7 heteroatoms. The van der Waals surface area contributed by atoms with Gasteiger partial charge < -0.3 is 14.4 Å². The van der Waals surface area contributed by atoms with Gasteiger partial charge >= 0.3 is 11.9 Å². The molecular formula is C39H37N3O4. The van der Waals surface area contributed by atoms with Gasteiger partial charge in [-0.25, -0.2) is 5.01 Å². The van der Waals surface area contributed by atoms with E-state index < -0.39 is 0 Å². The van der Waals surface area contributed by atoms with Crippen molar-refractivity contribution in [3.05, 3.63) is 150 Å². The third kappa shape index (κ3) is 8.07. The number of rotatable bonds is 11. The van der Waals surface area contributed by atoms with E-state index in [2.05, 4.69) is 17.0 Å². The molecule has 0 aliphatic rings. The zero-order chi connectivity index (χ0) is 32.5. The van der Waals surface area contributed by atoms with Gasteiger partial charge in [-0.1, -0.05) is 72.8 Å². The number of anilines is 5. The topological polar surface area (TPSA) is 71.4 Å². The normalized spacial score (nSPS) is 12.3. The fourth-order valence-electron chi connectivity index (χ4n) is 5.12. The first-order chi connectivity index (χ1) is 22.3. The van der Waals surface area contributed by atoms with E-state index in [1.165, 1.54) is 13.8 Å². The van der Waals surface area contributed by atoms with E-state index in [1.807, 2.05) is 146 Å². The van der Waals surface area contributed by atoms with Crippen LogP contribution in [0.2, 0.25) is 0 Å². The van der Waals surface area contributed by atoms with Crippen LogP contribution in [0.3, 0.4) is 0 Å². The van der Waals surface area contributed by atoms with Gasteiger partial charge in [-0.3, -0.25) is 9.59 Å². The maximum absolute atomic E-state index is 11.5. The summed E-state index contributed by atoms with van der Waals surface area (Å²) in [5.74, 6) is -0.638. The second-order valence-electron chi connectivity index (χ2n) is 10.8. The van der Waals surface area contributed by atoms with Crippen LogP contribution >= 0.6 is 0 Å². The van der Waals surface area contributed by atoms with Crippen LogP contribution in [-0.4, -0.2) is 18.2 Å². The molecule has 0 N–H and O–H groups in total. The maximum atomic E-state index is 11.5. The lowest BCUT2D eigenvalue weighted by atomic mass is 10.1. The summed E-state index contributed by atoms with van der Waals surface area (Å²) in [6.45, 7) is 6.53. The fraction of sp³-hybridized carbons (Fsp3) is 0.154. The largest absolute Gasteiger partial charge is 0.458 e. The van der Waals surface area contributed by atoms with Gasteiger partial charge in [-0.05, 0) is 91.2 Å². The molecular weight excluding hydrogens is 574 g/mol. The minimum absolute atomic E-state index is 0.319. The van der Waals surface area contributed by atoms with Gasteiger partial charge in [-0.15, -0.1) is 0 Å². The highest BCUT2D eigenvalue weighted by Gasteiger charge is 2.16. The van der Waals surface area contributed by atoms with Gasteiger partial charge in [0.2, 0.25) is 0 Å². The molecule has 232 valence electrons. The summed E-state index contributed by atoms with van der Waals surface area (Å²) in [4.78, 5) is 25.1. The number of carbonyl (C=O) groups excluding carboxylic acids is 2. The van der Waals surface area contributed by atoms with Gasteiger partial charge in [0.1, 0.15) is 12.2 Å². The molecule has 0 amide bonds. The summed E-state index contributed by atoms with van der Waals surface area (Å²) in [7, 11) is 0. The summed E-state index contributed by atoms with van der Waals surface area (Å²) >= 11 is 0. The Labute approximate surface area is 270 Å². The third-order valence-electron chi connectivity index (χ3n) is 7.40. The second-order valence-corrected chi connectivity index (χ2v) is 10.8. The van der Waals surface area contributed by atoms with E-state index in [-0.39, 0.29) is 24.1 Å². The third-order valence-corrected chi connectivity index (χ3v) is 7.40. The summed E-state index contributed by atoms with van der Waals surface area (Å²) in [5.41, 5.74) is 7.48. The van der Waals surface area contributed by atoms with Crippen molar-refractivity contribution in [1.29, 1.82) is 0 Å². The molecule has 7 nitrogen and oxygen atoms in total. The molecule has 0 bridgehead atoms. The summed E-state index contributed by atoms with van der Waals surface area (Å²) < 4.78 is 10.7. The number of carbonyl (C=O) groups is 2. The number of hydrogen-bond donors (Lipinski definition) is 0. The summed E-state index contributed by atoms with van der Waals surface area (Å²) in [6, 6.07) is 44.2. The molecule has 0 aromatic heterocycles. The van der Waals surface area contributed by atoms with Crippen molar-refractivity contribution in [2.24, 2.45) is 5.10 Å². The van der Waals surface area contributed by atoms with Crippen LogP contribution in [0.15, 0.2) is 139 Å². The lowest BCUT2D eigenvalue weighted by Gasteiger charge is -2.26. The SMILES string of the molecule is CC(=O)OC(C)c1ccc(N(c2ccc(C=NN(c3ccccc3)c3ccccc3)cc2)c2ccc(C(C)OC(C)=O)cc2)cc1. The van der Waals surface area contributed by atoms with Crippen molar-refractivity contribution >= 4 is 46.6 Å². The van der Waals surface area contributed by atoms with E-state index in [9.17, 15) is 9.59 Å². The molecule has 5 rings (SSSR count). The van der Waals surface area contributed by atoms with Crippen LogP contribution in [0.5, 0.6) is 0 Å². The first kappa shape index (κ1) is 31.7. The van der Waals surface area contributed by atoms with Crippen molar-refractivity contribution < 1.29 is 19.1 Å². The minimum Gasteiger partial charge on any atom is -0.458 e. The summed E-state index contributed by atoms with van der Waals surface area (Å²) in [5, 5.41) is 6.76. The fourth-order valence-corrected chi connectivity index (χ4v) is 5.12. The van der Waals surface area contributed by atoms with Crippen LogP contribution in [0.25, 0.3) is 0 Å². The van der Waals surface area contributed by atoms with E-state index in [0.717, 1.165) is 45.1 Å². The van der Waals surface area contributed by atoms with Gasteiger partial charge in [0.25, 0.3) is 0 Å². The average molecular weight is 612 g/mol. The Morgan fingerprint density at radius 1 is 0.543 bits per heavy atom. The van der Waals surface area contributed by atoms with E-state index in [0.29, 0.717) is 0 Å². The van der Waals surface area contributed by atoms with Gasteiger partial charge in [-0.2, -0.15) is 5.10 Å². The minimum atomic E-state index is -0.355. The predicted molar refractivity (Wildman–Crippen MR) is 184 cm³/mol. The first-order valence-corrected chi connectivity index (χ1v) is 15.2. The Kier molecular flexibility index (Phi) is 10.2. The lowest BCUT2D eigenvalue weighted by Crippen LogP contribution is -2.11. The first-order valence-electron chi connectivity index (χ1n) is 15.2. The standard InChI is InChI=1S/C39H37N3O4/c1-28(45-30(3)43)33-17-23-36(24-18-33)41(37-25-19-34(20-26-37)29(2)46-31(4)44)35-21-15-32(16-22-35)27-40-42(38-11-7-5-8-12-38)39-13-9-6-10-14-39/h5-29H,1-4H3. The van der Waals surface area contributed by atoms with Gasteiger partial charge in [0.05, 0.1) is 17.6 Å². The Hall–Kier alpha value is -5.69. The number of hydrazone groups is 1. The lowest BCUT2D eigenvalue weighted by molar-refractivity contribution is -0.146. The molecule has 0 saturated heterocycles. The van der Waals surface area contributed by atoms with E-state index in [1.54, 1.807) is 0 Å². The van der Waals surface area contributed by atoms with Crippen molar-refractivity contribution in [3.8, 4) is 0 Å². The summed E-state index contributed by atoms with van der Waals surface area (Å²) in [6.07, 6.45) is 1.14. The molecule has 46 heavy (non-hydrogen) atoms. The molecule has 0 fully saturated rings. The van der Waals surface area contributed by atoms with Crippen LogP contribution in [-0.2, 0) is 19.1 Å². The highest BCUT2D eigenvalue weighted by Crippen LogP contribution is 2.36. The number of nitrogens with zero attached hydrogens (tertiary/aromatic N) is 3. The number of benzene rings is 5. The van der Waals surface area contributed by atoms with Crippen LogP contribution in [0.4, 0.5) is 28.4 Å². The molecule has 0 radical (unpaired) electrons. The van der Waals surface area contributed by atoms with Crippen LogP contribution in [0.1, 0.15) is 56.6 Å². The van der Waals surface area contributed by atoms with E-state index >= 15 is 0 Å². The maximum Gasteiger partial charge on any atom is 0.303 e.